The Morgan fingerprint density at radius 2 is 1.93 bits per heavy atom. The van der Waals surface area contributed by atoms with E-state index in [2.05, 4.69) is 28.2 Å². The van der Waals surface area contributed by atoms with Crippen LogP contribution < -0.4 is 10.2 Å². The maximum absolute atomic E-state index is 12.9. The summed E-state index contributed by atoms with van der Waals surface area (Å²) in [5.41, 5.74) is -0.214. The van der Waals surface area contributed by atoms with Crippen LogP contribution in [0.3, 0.4) is 0 Å². The Morgan fingerprint density at radius 3 is 2.56 bits per heavy atom. The molecule has 1 N–H and O–H groups in total. The highest BCUT2D eigenvalue weighted by molar-refractivity contribution is 9.10. The van der Waals surface area contributed by atoms with E-state index >= 15 is 0 Å². The smallest absolute Gasteiger partial charge is 0.331 e. The molecule has 2 fully saturated rings. The zero-order valence-corrected chi connectivity index (χ0v) is 17.3. The minimum atomic E-state index is -0.970. The minimum absolute atomic E-state index is 0.0913. The summed E-state index contributed by atoms with van der Waals surface area (Å²) in [7, 11) is 1.35. The van der Waals surface area contributed by atoms with E-state index in [-0.39, 0.29) is 18.2 Å². The molecule has 1 saturated heterocycles. The Balaban J connectivity index is 1.73. The van der Waals surface area contributed by atoms with Crippen molar-refractivity contribution in [3.8, 4) is 0 Å². The van der Waals surface area contributed by atoms with Gasteiger partial charge in [-0.15, -0.1) is 0 Å². The highest BCUT2D eigenvalue weighted by Gasteiger charge is 2.46. The number of esters is 1. The van der Waals surface area contributed by atoms with Crippen LogP contribution in [0.15, 0.2) is 28.7 Å². The van der Waals surface area contributed by atoms with Crippen molar-refractivity contribution in [3.05, 3.63) is 28.7 Å². The molecule has 2 aliphatic rings. The predicted molar refractivity (Wildman–Crippen MR) is 105 cm³/mol. The summed E-state index contributed by atoms with van der Waals surface area (Å²) < 4.78 is 5.79. The summed E-state index contributed by atoms with van der Waals surface area (Å²) >= 11 is 3.46. The Hall–Kier alpha value is -1.89. The summed E-state index contributed by atoms with van der Waals surface area (Å²) in [5.74, 6) is -0.692. The fourth-order valence-electron chi connectivity index (χ4n) is 3.96. The number of ether oxygens (including phenoxy) is 1. The molecule has 7 heteroatoms. The van der Waals surface area contributed by atoms with Crippen LogP contribution in [0.4, 0.5) is 5.69 Å². The third-order valence-electron chi connectivity index (χ3n) is 5.71. The molecule has 27 heavy (non-hydrogen) atoms. The summed E-state index contributed by atoms with van der Waals surface area (Å²) in [4.78, 5) is 39.4. The summed E-state index contributed by atoms with van der Waals surface area (Å²) in [6.45, 7) is 2.45. The van der Waals surface area contributed by atoms with Crippen LogP contribution in [0.1, 0.15) is 39.0 Å². The number of benzene rings is 1. The predicted octanol–water partition coefficient (Wildman–Crippen LogP) is 3.04. The first kappa shape index (κ1) is 19.9. The van der Waals surface area contributed by atoms with Gasteiger partial charge in [0.15, 0.2) is 0 Å². The SMILES string of the molecule is COC(=O)C1(NC(=O)C2CC(=O)N(c3ccccc3Br)C2)CCC(C)CC1. The van der Waals surface area contributed by atoms with Crippen molar-refractivity contribution in [2.75, 3.05) is 18.6 Å². The van der Waals surface area contributed by atoms with Gasteiger partial charge < -0.3 is 15.0 Å². The molecule has 0 aromatic heterocycles. The minimum Gasteiger partial charge on any atom is -0.467 e. The maximum Gasteiger partial charge on any atom is 0.331 e. The van der Waals surface area contributed by atoms with Gasteiger partial charge in [0.25, 0.3) is 0 Å². The molecule has 1 heterocycles. The van der Waals surface area contributed by atoms with Gasteiger partial charge in [-0.3, -0.25) is 9.59 Å². The lowest BCUT2D eigenvalue weighted by Crippen LogP contribution is -2.58. The van der Waals surface area contributed by atoms with Gasteiger partial charge in [-0.25, -0.2) is 4.79 Å². The van der Waals surface area contributed by atoms with Gasteiger partial charge in [-0.2, -0.15) is 0 Å². The molecule has 1 unspecified atom stereocenters. The summed E-state index contributed by atoms with van der Waals surface area (Å²) in [6.07, 6.45) is 3.01. The number of methoxy groups -OCH3 is 1. The third kappa shape index (κ3) is 4.03. The number of rotatable bonds is 4. The van der Waals surface area contributed by atoms with E-state index in [4.69, 9.17) is 4.74 Å². The number of hydrogen-bond acceptors (Lipinski definition) is 4. The highest BCUT2D eigenvalue weighted by atomic mass is 79.9. The number of para-hydroxylation sites is 1. The fourth-order valence-corrected chi connectivity index (χ4v) is 4.45. The van der Waals surface area contributed by atoms with Crippen molar-refractivity contribution in [2.45, 2.75) is 44.6 Å². The van der Waals surface area contributed by atoms with Gasteiger partial charge in [-0.1, -0.05) is 19.1 Å². The summed E-state index contributed by atoms with van der Waals surface area (Å²) in [6, 6.07) is 7.45. The van der Waals surface area contributed by atoms with E-state index in [1.54, 1.807) is 4.90 Å². The first-order valence-electron chi connectivity index (χ1n) is 9.31. The first-order chi connectivity index (χ1) is 12.9. The Bertz CT molecular complexity index is 743. The molecule has 2 amide bonds. The van der Waals surface area contributed by atoms with Gasteiger partial charge in [-0.05, 0) is 59.7 Å². The van der Waals surface area contributed by atoms with E-state index in [0.717, 1.165) is 23.0 Å². The second-order valence-electron chi connectivity index (χ2n) is 7.60. The first-order valence-corrected chi connectivity index (χ1v) is 10.1. The molecule has 0 radical (unpaired) electrons. The average molecular weight is 437 g/mol. The lowest BCUT2D eigenvalue weighted by Gasteiger charge is -2.38. The zero-order valence-electron chi connectivity index (χ0n) is 15.7. The number of amides is 2. The van der Waals surface area contributed by atoms with Crippen LogP contribution in [0.2, 0.25) is 0 Å². The molecule has 1 aliphatic heterocycles. The number of carbonyl (C=O) groups excluding carboxylic acids is 3. The van der Waals surface area contributed by atoms with E-state index in [1.807, 2.05) is 24.3 Å². The Kier molecular flexibility index (Phi) is 5.89. The number of halogens is 1. The van der Waals surface area contributed by atoms with Gasteiger partial charge in [0, 0.05) is 17.4 Å². The van der Waals surface area contributed by atoms with Gasteiger partial charge in [0.05, 0.1) is 18.7 Å². The van der Waals surface area contributed by atoms with Crippen LogP contribution in [0.25, 0.3) is 0 Å². The number of carbonyl (C=O) groups is 3. The van der Waals surface area contributed by atoms with Crippen LogP contribution in [-0.4, -0.2) is 37.0 Å². The van der Waals surface area contributed by atoms with Gasteiger partial charge in [0.1, 0.15) is 5.54 Å². The van der Waals surface area contributed by atoms with Crippen molar-refractivity contribution in [1.82, 2.24) is 5.32 Å². The Morgan fingerprint density at radius 1 is 1.26 bits per heavy atom. The summed E-state index contributed by atoms with van der Waals surface area (Å²) in [5, 5.41) is 2.95. The van der Waals surface area contributed by atoms with Crippen molar-refractivity contribution >= 4 is 39.4 Å². The molecule has 0 spiro atoms. The molecule has 1 aromatic rings. The van der Waals surface area contributed by atoms with E-state index < -0.39 is 17.4 Å². The molecule has 146 valence electrons. The second-order valence-corrected chi connectivity index (χ2v) is 8.46. The van der Waals surface area contributed by atoms with Crippen molar-refractivity contribution < 1.29 is 19.1 Å². The van der Waals surface area contributed by atoms with Crippen LogP contribution in [-0.2, 0) is 19.1 Å². The molecular formula is C20H25BrN2O4. The number of nitrogens with one attached hydrogen (secondary N) is 1. The van der Waals surface area contributed by atoms with Crippen LogP contribution in [0, 0.1) is 11.8 Å². The van der Waals surface area contributed by atoms with Crippen molar-refractivity contribution in [2.24, 2.45) is 11.8 Å². The van der Waals surface area contributed by atoms with Crippen LogP contribution in [0.5, 0.6) is 0 Å². The average Bonchev–Trinajstić information content (AvgIpc) is 3.05. The number of hydrogen-bond donors (Lipinski definition) is 1. The molecule has 1 saturated carbocycles. The van der Waals surface area contributed by atoms with Crippen LogP contribution >= 0.6 is 15.9 Å². The van der Waals surface area contributed by atoms with Gasteiger partial charge >= 0.3 is 5.97 Å². The standard InChI is InChI=1S/C20H25BrN2O4/c1-13-7-9-20(10-8-13,19(26)27-2)22-18(25)14-11-17(24)23(12-14)16-6-4-3-5-15(16)21/h3-6,13-14H,7-12H2,1-2H3,(H,22,25). The highest BCUT2D eigenvalue weighted by Crippen LogP contribution is 2.35. The topological polar surface area (TPSA) is 75.7 Å². The zero-order chi connectivity index (χ0) is 19.6. The van der Waals surface area contributed by atoms with Gasteiger partial charge in [0.2, 0.25) is 11.8 Å². The number of anilines is 1. The largest absolute Gasteiger partial charge is 0.467 e. The normalized spacial score (nSPS) is 28.1. The number of nitrogens with zero attached hydrogens (tertiary/aromatic N) is 1. The fraction of sp³-hybridized carbons (Fsp3) is 0.550. The molecular weight excluding hydrogens is 412 g/mol. The monoisotopic (exact) mass is 436 g/mol. The second kappa shape index (κ2) is 8.00. The molecule has 1 aliphatic carbocycles. The molecule has 1 atom stereocenters. The molecule has 6 nitrogen and oxygen atoms in total. The van der Waals surface area contributed by atoms with Crippen molar-refractivity contribution in [1.29, 1.82) is 0 Å². The quantitative estimate of drug-likeness (QED) is 0.735. The van der Waals surface area contributed by atoms with E-state index in [1.165, 1.54) is 7.11 Å². The lowest BCUT2D eigenvalue weighted by molar-refractivity contribution is -0.153. The van der Waals surface area contributed by atoms with E-state index in [0.29, 0.717) is 25.3 Å². The molecule has 0 bridgehead atoms. The molecule has 1 aromatic carbocycles. The Labute approximate surface area is 167 Å². The van der Waals surface area contributed by atoms with E-state index in [9.17, 15) is 14.4 Å². The third-order valence-corrected chi connectivity index (χ3v) is 6.38. The lowest BCUT2D eigenvalue weighted by atomic mass is 9.76. The molecule has 3 rings (SSSR count). The van der Waals surface area contributed by atoms with Crippen molar-refractivity contribution in [3.63, 3.8) is 0 Å². The maximum atomic E-state index is 12.9.